The summed E-state index contributed by atoms with van der Waals surface area (Å²) in [4.78, 5) is 0. The van der Waals surface area contributed by atoms with Gasteiger partial charge in [0, 0.05) is 12.0 Å². The van der Waals surface area contributed by atoms with Crippen LogP contribution in [0.1, 0.15) is 35.4 Å². The van der Waals surface area contributed by atoms with Crippen LogP contribution in [-0.4, -0.2) is 10.9 Å². The lowest BCUT2D eigenvalue weighted by Gasteiger charge is -2.21. The molecule has 0 spiro atoms. The van der Waals surface area contributed by atoms with Crippen molar-refractivity contribution in [2.75, 3.05) is 0 Å². The fourth-order valence-corrected chi connectivity index (χ4v) is 3.49. The molecule has 17 heavy (non-hydrogen) atoms. The number of nitrogens with zero attached hydrogens (tertiary/aromatic N) is 1. The van der Waals surface area contributed by atoms with Gasteiger partial charge in [0.05, 0.1) is 5.71 Å². The zero-order chi connectivity index (χ0) is 11.4. The highest BCUT2D eigenvalue weighted by atomic mass is 16.4. The average molecular weight is 223 g/mol. The van der Waals surface area contributed by atoms with Crippen molar-refractivity contribution in [3.63, 3.8) is 0 Å². The number of oxime groups is 1. The summed E-state index contributed by atoms with van der Waals surface area (Å²) in [6.45, 7) is 0. The minimum absolute atomic E-state index is 0.564. The van der Waals surface area contributed by atoms with Crippen LogP contribution in [0.4, 0.5) is 0 Å². The lowest BCUT2D eigenvalue weighted by molar-refractivity contribution is 0.318. The summed E-state index contributed by atoms with van der Waals surface area (Å²) in [7, 11) is 0. The summed E-state index contributed by atoms with van der Waals surface area (Å²) >= 11 is 0. The zero-order valence-corrected chi connectivity index (χ0v) is 9.48. The van der Waals surface area contributed by atoms with Gasteiger partial charge in [-0.25, -0.2) is 0 Å². The highest BCUT2D eigenvalue weighted by Crippen LogP contribution is 2.45. The Bertz CT molecular complexity index is 657. The SMILES string of the molecule is O/N=C1\CC2CCc3cccc4ccc1c2c34. The van der Waals surface area contributed by atoms with Crippen LogP contribution in [0.3, 0.4) is 0 Å². The molecule has 0 saturated carbocycles. The molecule has 0 fully saturated rings. The van der Waals surface area contributed by atoms with E-state index in [0.717, 1.165) is 24.1 Å². The number of benzene rings is 2. The normalized spacial score (nSPS) is 23.5. The second-order valence-corrected chi connectivity index (χ2v) is 5.03. The van der Waals surface area contributed by atoms with Gasteiger partial charge in [-0.1, -0.05) is 35.5 Å². The molecule has 2 aliphatic rings. The molecule has 1 unspecified atom stereocenters. The zero-order valence-electron chi connectivity index (χ0n) is 9.48. The lowest BCUT2D eigenvalue weighted by atomic mass is 9.82. The van der Waals surface area contributed by atoms with E-state index in [0.29, 0.717) is 5.92 Å². The van der Waals surface area contributed by atoms with Gasteiger partial charge in [-0.2, -0.15) is 0 Å². The van der Waals surface area contributed by atoms with E-state index in [-0.39, 0.29) is 0 Å². The van der Waals surface area contributed by atoms with Gasteiger partial charge in [-0.3, -0.25) is 0 Å². The van der Waals surface area contributed by atoms with Crippen LogP contribution in [-0.2, 0) is 6.42 Å². The summed E-state index contributed by atoms with van der Waals surface area (Å²) in [5.74, 6) is 0.564. The van der Waals surface area contributed by atoms with Gasteiger partial charge >= 0.3 is 0 Å². The molecule has 2 nitrogen and oxygen atoms in total. The third-order valence-corrected chi connectivity index (χ3v) is 4.21. The van der Waals surface area contributed by atoms with Crippen molar-refractivity contribution in [2.24, 2.45) is 5.16 Å². The Hall–Kier alpha value is -1.83. The smallest absolute Gasteiger partial charge is 0.0876 e. The summed E-state index contributed by atoms with van der Waals surface area (Å²) in [5.41, 5.74) is 4.91. The van der Waals surface area contributed by atoms with Gasteiger partial charge in [-0.05, 0) is 40.7 Å². The van der Waals surface area contributed by atoms with E-state index < -0.39 is 0 Å². The maximum absolute atomic E-state index is 9.10. The third kappa shape index (κ3) is 1.08. The van der Waals surface area contributed by atoms with Crippen molar-refractivity contribution < 1.29 is 5.21 Å². The first-order valence-electron chi connectivity index (χ1n) is 6.14. The van der Waals surface area contributed by atoms with Crippen molar-refractivity contribution >= 4 is 16.5 Å². The molecule has 0 radical (unpaired) electrons. The van der Waals surface area contributed by atoms with E-state index in [2.05, 4.69) is 35.5 Å². The fourth-order valence-electron chi connectivity index (χ4n) is 3.49. The van der Waals surface area contributed by atoms with Crippen LogP contribution in [0, 0.1) is 0 Å². The minimum Gasteiger partial charge on any atom is -0.411 e. The Morgan fingerprint density at radius 2 is 2.12 bits per heavy atom. The van der Waals surface area contributed by atoms with E-state index in [1.165, 1.54) is 28.3 Å². The Kier molecular flexibility index (Phi) is 1.68. The van der Waals surface area contributed by atoms with Gasteiger partial charge < -0.3 is 5.21 Å². The Morgan fingerprint density at radius 3 is 3.00 bits per heavy atom. The monoisotopic (exact) mass is 223 g/mol. The lowest BCUT2D eigenvalue weighted by Crippen LogP contribution is -2.05. The van der Waals surface area contributed by atoms with E-state index in [1.807, 2.05) is 0 Å². The van der Waals surface area contributed by atoms with Crippen LogP contribution < -0.4 is 0 Å². The third-order valence-electron chi connectivity index (χ3n) is 4.21. The molecule has 0 heterocycles. The first-order valence-corrected chi connectivity index (χ1v) is 6.14. The number of rotatable bonds is 0. The largest absolute Gasteiger partial charge is 0.411 e. The summed E-state index contributed by atoms with van der Waals surface area (Å²) in [5, 5.41) is 15.3. The molecule has 1 atom stereocenters. The number of hydrogen-bond acceptors (Lipinski definition) is 2. The first-order chi connectivity index (χ1) is 8.38. The van der Waals surface area contributed by atoms with Gasteiger partial charge in [0.25, 0.3) is 0 Å². The van der Waals surface area contributed by atoms with Crippen LogP contribution in [0.2, 0.25) is 0 Å². The highest BCUT2D eigenvalue weighted by Gasteiger charge is 2.32. The molecule has 0 bridgehead atoms. The predicted molar refractivity (Wildman–Crippen MR) is 68.0 cm³/mol. The summed E-state index contributed by atoms with van der Waals surface area (Å²) < 4.78 is 0. The van der Waals surface area contributed by atoms with Crippen molar-refractivity contribution in [3.05, 3.63) is 47.0 Å². The van der Waals surface area contributed by atoms with Crippen molar-refractivity contribution in [2.45, 2.75) is 25.2 Å². The molecular weight excluding hydrogens is 210 g/mol. The molecular formula is C15H13NO. The van der Waals surface area contributed by atoms with E-state index in [4.69, 9.17) is 5.21 Å². The van der Waals surface area contributed by atoms with Gasteiger partial charge in [-0.15, -0.1) is 0 Å². The average Bonchev–Trinajstić information content (AvgIpc) is 2.76. The van der Waals surface area contributed by atoms with Crippen LogP contribution in [0.25, 0.3) is 10.8 Å². The van der Waals surface area contributed by atoms with Gasteiger partial charge in [0.2, 0.25) is 0 Å². The maximum atomic E-state index is 9.10. The van der Waals surface area contributed by atoms with E-state index in [1.54, 1.807) is 0 Å². The topological polar surface area (TPSA) is 32.6 Å². The molecule has 2 aromatic rings. The molecule has 2 heteroatoms. The minimum atomic E-state index is 0.564. The second-order valence-electron chi connectivity index (χ2n) is 5.03. The molecule has 2 aromatic carbocycles. The van der Waals surface area contributed by atoms with Gasteiger partial charge in [0.1, 0.15) is 0 Å². The Morgan fingerprint density at radius 1 is 1.18 bits per heavy atom. The predicted octanol–water partition coefficient (Wildman–Crippen LogP) is 3.45. The second kappa shape index (κ2) is 3.10. The van der Waals surface area contributed by atoms with Crippen LogP contribution >= 0.6 is 0 Å². The molecule has 0 aliphatic heterocycles. The standard InChI is InChI=1S/C15H13NO/c17-16-13-8-11-5-4-9-2-1-3-10-6-7-12(13)15(11)14(9)10/h1-3,6-7,11,17H,4-5,8H2/b16-13+. The molecule has 0 amide bonds. The van der Waals surface area contributed by atoms with E-state index >= 15 is 0 Å². The molecule has 84 valence electrons. The highest BCUT2D eigenvalue weighted by molar-refractivity contribution is 6.10. The summed E-state index contributed by atoms with van der Waals surface area (Å²) in [6.07, 6.45) is 3.23. The van der Waals surface area contributed by atoms with Crippen molar-refractivity contribution in [1.82, 2.24) is 0 Å². The van der Waals surface area contributed by atoms with Gasteiger partial charge in [0.15, 0.2) is 0 Å². The summed E-state index contributed by atoms with van der Waals surface area (Å²) in [6, 6.07) is 10.8. The van der Waals surface area contributed by atoms with Crippen LogP contribution in [0.15, 0.2) is 35.5 Å². The first kappa shape index (κ1) is 9.23. The molecule has 0 saturated heterocycles. The van der Waals surface area contributed by atoms with Crippen LogP contribution in [0.5, 0.6) is 0 Å². The number of hydrogen-bond donors (Lipinski definition) is 1. The Labute approximate surface area is 99.6 Å². The fraction of sp³-hybridized carbons (Fsp3) is 0.267. The maximum Gasteiger partial charge on any atom is 0.0876 e. The quantitative estimate of drug-likeness (QED) is 0.538. The van der Waals surface area contributed by atoms with Crippen molar-refractivity contribution in [1.29, 1.82) is 0 Å². The number of aryl methyl sites for hydroxylation is 1. The molecule has 0 aromatic heterocycles. The Balaban J connectivity index is 2.18. The van der Waals surface area contributed by atoms with Crippen molar-refractivity contribution in [3.8, 4) is 0 Å². The molecule has 2 aliphatic carbocycles. The molecule has 4 rings (SSSR count). The van der Waals surface area contributed by atoms with E-state index in [9.17, 15) is 0 Å². The molecule has 1 N–H and O–H groups in total.